The normalized spacial score (nSPS) is 24.7. The summed E-state index contributed by atoms with van der Waals surface area (Å²) in [6.45, 7) is 1.71. The van der Waals surface area contributed by atoms with E-state index in [1.165, 1.54) is 18.2 Å². The third-order valence-electron chi connectivity index (χ3n) is 4.28. The number of benzene rings is 1. The van der Waals surface area contributed by atoms with E-state index in [1.807, 2.05) is 4.90 Å². The number of nitrogens with one attached hydrogen (secondary N) is 1. The maximum Gasteiger partial charge on any atom is 0.270 e. The van der Waals surface area contributed by atoms with Crippen molar-refractivity contribution in [3.05, 3.63) is 38.9 Å². The van der Waals surface area contributed by atoms with Gasteiger partial charge in [0.15, 0.2) is 0 Å². The van der Waals surface area contributed by atoms with Crippen LogP contribution in [0.1, 0.15) is 29.6 Å². The first-order chi connectivity index (χ1) is 10.1. The number of fused-ring (bicyclic) bond motifs is 2. The van der Waals surface area contributed by atoms with Crippen LogP contribution in [-0.4, -0.2) is 40.9 Å². The number of nitro benzene ring substituents is 1. The summed E-state index contributed by atoms with van der Waals surface area (Å²) >= 11 is 6.08. The van der Waals surface area contributed by atoms with Gasteiger partial charge in [-0.1, -0.05) is 11.6 Å². The van der Waals surface area contributed by atoms with Crippen LogP contribution in [0.5, 0.6) is 0 Å². The lowest BCUT2D eigenvalue weighted by Crippen LogP contribution is -2.42. The molecule has 0 aliphatic carbocycles. The van der Waals surface area contributed by atoms with Gasteiger partial charge in [0.1, 0.15) is 0 Å². The molecule has 1 aromatic rings. The van der Waals surface area contributed by atoms with Crippen LogP contribution < -0.4 is 5.32 Å². The Morgan fingerprint density at radius 3 is 2.81 bits per heavy atom. The van der Waals surface area contributed by atoms with Crippen LogP contribution in [0.15, 0.2) is 18.2 Å². The molecule has 2 fully saturated rings. The van der Waals surface area contributed by atoms with Gasteiger partial charge < -0.3 is 10.2 Å². The number of halogens is 1. The van der Waals surface area contributed by atoms with Gasteiger partial charge in [-0.3, -0.25) is 14.9 Å². The molecule has 2 bridgehead atoms. The molecule has 0 saturated carbocycles. The van der Waals surface area contributed by atoms with Gasteiger partial charge in [0.2, 0.25) is 0 Å². The number of carbonyl (C=O) groups excluding carboxylic acids is 1. The molecule has 2 atom stereocenters. The van der Waals surface area contributed by atoms with E-state index in [2.05, 4.69) is 5.32 Å². The van der Waals surface area contributed by atoms with Gasteiger partial charge in [-0.25, -0.2) is 0 Å². The Morgan fingerprint density at radius 1 is 1.33 bits per heavy atom. The number of nitro groups is 1. The summed E-state index contributed by atoms with van der Waals surface area (Å²) in [6.07, 6.45) is 2.95. The van der Waals surface area contributed by atoms with Crippen LogP contribution in [0, 0.1) is 10.1 Å². The number of rotatable bonds is 2. The number of hydrogen-bond acceptors (Lipinski definition) is 4. The first-order valence-corrected chi connectivity index (χ1v) is 7.43. The predicted octanol–water partition coefficient (Wildman–Crippen LogP) is 2.21. The minimum atomic E-state index is -0.514. The Balaban J connectivity index is 1.90. The Bertz CT molecular complexity index is 579. The lowest BCUT2D eigenvalue weighted by Gasteiger charge is -2.28. The largest absolute Gasteiger partial charge is 0.331 e. The van der Waals surface area contributed by atoms with Gasteiger partial charge in [-0.05, 0) is 31.9 Å². The van der Waals surface area contributed by atoms with Crippen molar-refractivity contribution in [2.75, 3.05) is 13.1 Å². The summed E-state index contributed by atoms with van der Waals surface area (Å²) in [4.78, 5) is 24.9. The van der Waals surface area contributed by atoms with Gasteiger partial charge in [-0.2, -0.15) is 0 Å². The monoisotopic (exact) mass is 309 g/mol. The molecule has 1 N–H and O–H groups in total. The highest BCUT2D eigenvalue weighted by molar-refractivity contribution is 6.34. The van der Waals surface area contributed by atoms with Crippen molar-refractivity contribution in [1.29, 1.82) is 0 Å². The van der Waals surface area contributed by atoms with Crippen molar-refractivity contribution >= 4 is 23.2 Å². The molecule has 2 aliphatic heterocycles. The Morgan fingerprint density at radius 2 is 2.10 bits per heavy atom. The van der Waals surface area contributed by atoms with E-state index in [-0.39, 0.29) is 28.7 Å². The van der Waals surface area contributed by atoms with Crippen LogP contribution in [0.2, 0.25) is 5.02 Å². The van der Waals surface area contributed by atoms with Gasteiger partial charge >= 0.3 is 0 Å². The van der Waals surface area contributed by atoms with E-state index in [9.17, 15) is 14.9 Å². The van der Waals surface area contributed by atoms with Crippen molar-refractivity contribution in [3.63, 3.8) is 0 Å². The molecule has 1 aromatic carbocycles. The molecule has 0 spiro atoms. The highest BCUT2D eigenvalue weighted by atomic mass is 35.5. The molecule has 112 valence electrons. The van der Waals surface area contributed by atoms with Crippen LogP contribution >= 0.6 is 11.6 Å². The SMILES string of the molecule is O=C(c1ccc([N+](=O)[O-])cc1Cl)N1C2CCNCC1CC2. The standard InChI is InChI=1S/C14H16ClN3O3/c15-13-7-10(18(20)21)3-4-12(13)14(19)17-9-1-2-11(17)8-16-6-5-9/h3-4,7,9,11,16H,1-2,5-6,8H2. The van der Waals surface area contributed by atoms with Crippen LogP contribution in [0.3, 0.4) is 0 Å². The third kappa shape index (κ3) is 2.61. The zero-order valence-electron chi connectivity index (χ0n) is 11.4. The molecule has 7 heteroatoms. The average Bonchev–Trinajstić information content (AvgIpc) is 2.71. The molecule has 2 aliphatic rings. The van der Waals surface area contributed by atoms with E-state index in [1.54, 1.807) is 0 Å². The van der Waals surface area contributed by atoms with Crippen molar-refractivity contribution < 1.29 is 9.72 Å². The lowest BCUT2D eigenvalue weighted by molar-refractivity contribution is -0.384. The Hall–Kier alpha value is -1.66. The van der Waals surface area contributed by atoms with Gasteiger partial charge in [0.05, 0.1) is 15.5 Å². The van der Waals surface area contributed by atoms with Crippen molar-refractivity contribution in [2.24, 2.45) is 0 Å². The topological polar surface area (TPSA) is 75.5 Å². The smallest absolute Gasteiger partial charge is 0.270 e. The zero-order valence-corrected chi connectivity index (χ0v) is 12.2. The predicted molar refractivity (Wildman–Crippen MR) is 78.6 cm³/mol. The molecule has 1 amide bonds. The molecular formula is C14H16ClN3O3. The molecule has 2 unspecified atom stereocenters. The first kappa shape index (κ1) is 14.3. The summed E-state index contributed by atoms with van der Waals surface area (Å²) in [5.41, 5.74) is 0.248. The Labute approximate surface area is 127 Å². The maximum absolute atomic E-state index is 12.8. The fourth-order valence-electron chi connectivity index (χ4n) is 3.24. The van der Waals surface area contributed by atoms with E-state index in [0.717, 1.165) is 32.4 Å². The molecule has 2 heterocycles. The maximum atomic E-state index is 12.8. The molecule has 2 saturated heterocycles. The number of carbonyl (C=O) groups is 1. The summed E-state index contributed by atoms with van der Waals surface area (Å²) in [7, 11) is 0. The van der Waals surface area contributed by atoms with Crippen LogP contribution in [0.4, 0.5) is 5.69 Å². The molecule has 0 radical (unpaired) electrons. The van der Waals surface area contributed by atoms with Gasteiger partial charge in [-0.15, -0.1) is 0 Å². The highest BCUT2D eigenvalue weighted by Gasteiger charge is 2.38. The number of hydrogen-bond donors (Lipinski definition) is 1. The van der Waals surface area contributed by atoms with Crippen LogP contribution in [-0.2, 0) is 0 Å². The summed E-state index contributed by atoms with van der Waals surface area (Å²) < 4.78 is 0. The molecule has 0 aromatic heterocycles. The van der Waals surface area contributed by atoms with Crippen molar-refractivity contribution in [1.82, 2.24) is 10.2 Å². The highest BCUT2D eigenvalue weighted by Crippen LogP contribution is 2.32. The van der Waals surface area contributed by atoms with Crippen LogP contribution in [0.25, 0.3) is 0 Å². The van der Waals surface area contributed by atoms with Gasteiger partial charge in [0, 0.05) is 30.8 Å². The molecule has 3 rings (SSSR count). The summed E-state index contributed by atoms with van der Waals surface area (Å²) in [5.74, 6) is -0.119. The summed E-state index contributed by atoms with van der Waals surface area (Å²) in [6, 6.07) is 4.46. The lowest BCUT2D eigenvalue weighted by atomic mass is 10.1. The van der Waals surface area contributed by atoms with E-state index in [4.69, 9.17) is 11.6 Å². The molecule has 6 nitrogen and oxygen atoms in total. The second-order valence-corrected chi connectivity index (χ2v) is 5.92. The quantitative estimate of drug-likeness (QED) is 0.671. The minimum absolute atomic E-state index is 0.0999. The molecular weight excluding hydrogens is 294 g/mol. The first-order valence-electron chi connectivity index (χ1n) is 7.05. The second-order valence-electron chi connectivity index (χ2n) is 5.51. The average molecular weight is 310 g/mol. The Kier molecular flexibility index (Phi) is 3.82. The van der Waals surface area contributed by atoms with Crippen molar-refractivity contribution in [3.8, 4) is 0 Å². The number of nitrogens with zero attached hydrogens (tertiary/aromatic N) is 2. The zero-order chi connectivity index (χ0) is 15.0. The van der Waals surface area contributed by atoms with Gasteiger partial charge in [0.25, 0.3) is 11.6 Å². The fraction of sp³-hybridized carbons (Fsp3) is 0.500. The number of amides is 1. The number of non-ortho nitro benzene ring substituents is 1. The molecule has 21 heavy (non-hydrogen) atoms. The van der Waals surface area contributed by atoms with Crippen molar-refractivity contribution in [2.45, 2.75) is 31.3 Å². The van der Waals surface area contributed by atoms with E-state index in [0.29, 0.717) is 5.56 Å². The van der Waals surface area contributed by atoms with E-state index >= 15 is 0 Å². The fourth-order valence-corrected chi connectivity index (χ4v) is 3.50. The summed E-state index contributed by atoms with van der Waals surface area (Å²) in [5, 5.41) is 14.2. The van der Waals surface area contributed by atoms with E-state index < -0.39 is 4.92 Å². The third-order valence-corrected chi connectivity index (χ3v) is 4.60. The minimum Gasteiger partial charge on any atom is -0.331 e. The second kappa shape index (κ2) is 5.61.